The molecule has 0 aliphatic carbocycles. The highest BCUT2D eigenvalue weighted by Gasteiger charge is 2.17. The number of aromatic nitrogens is 4. The quantitative estimate of drug-likeness (QED) is 0.276. The van der Waals surface area contributed by atoms with Gasteiger partial charge in [-0.05, 0) is 43.3 Å². The van der Waals surface area contributed by atoms with Crippen LogP contribution in [0.3, 0.4) is 0 Å². The Morgan fingerprint density at radius 3 is 2.72 bits per heavy atom. The van der Waals surface area contributed by atoms with E-state index in [1.54, 1.807) is 30.4 Å². The zero-order valence-electron chi connectivity index (χ0n) is 17.6. The van der Waals surface area contributed by atoms with Crippen molar-refractivity contribution in [3.05, 3.63) is 78.5 Å². The van der Waals surface area contributed by atoms with Gasteiger partial charge < -0.3 is 9.73 Å². The average Bonchev–Trinajstić information content (AvgIpc) is 3.47. The molecule has 0 aliphatic rings. The van der Waals surface area contributed by atoms with Gasteiger partial charge in [-0.2, -0.15) is 0 Å². The van der Waals surface area contributed by atoms with Crippen LogP contribution >= 0.6 is 23.5 Å². The van der Waals surface area contributed by atoms with Crippen LogP contribution in [0, 0.1) is 6.92 Å². The molecule has 0 spiro atoms. The molecule has 0 saturated carbocycles. The van der Waals surface area contributed by atoms with Crippen LogP contribution in [0.1, 0.15) is 11.3 Å². The number of pyridine rings is 1. The van der Waals surface area contributed by atoms with E-state index in [4.69, 9.17) is 4.42 Å². The van der Waals surface area contributed by atoms with Crippen LogP contribution in [0.2, 0.25) is 0 Å². The van der Waals surface area contributed by atoms with Crippen LogP contribution in [0.15, 0.2) is 81.7 Å². The lowest BCUT2D eigenvalue weighted by atomic mass is 10.2. The molecule has 1 N–H and O–H groups in total. The summed E-state index contributed by atoms with van der Waals surface area (Å²) < 4.78 is 7.45. The summed E-state index contributed by atoms with van der Waals surface area (Å²) in [5, 5.41) is 12.3. The number of hydrogen-bond donors (Lipinski definition) is 1. The summed E-state index contributed by atoms with van der Waals surface area (Å²) in [5.74, 6) is 2.52. The van der Waals surface area contributed by atoms with Crippen LogP contribution in [0.25, 0.3) is 11.4 Å². The predicted octanol–water partition coefficient (Wildman–Crippen LogP) is 4.29. The number of thioether (sulfide) groups is 2. The number of carbonyl (C=O) groups is 1. The second-order valence-corrected chi connectivity index (χ2v) is 9.12. The van der Waals surface area contributed by atoms with Crippen molar-refractivity contribution in [2.24, 2.45) is 0 Å². The minimum Gasteiger partial charge on any atom is -0.467 e. The number of rotatable bonds is 10. The first kappa shape index (κ1) is 22.2. The van der Waals surface area contributed by atoms with Crippen molar-refractivity contribution in [1.29, 1.82) is 0 Å². The molecule has 0 aliphatic heterocycles. The Balaban J connectivity index is 1.33. The van der Waals surface area contributed by atoms with Gasteiger partial charge in [-0.25, -0.2) is 0 Å². The number of nitrogens with one attached hydrogen (secondary N) is 1. The first-order chi connectivity index (χ1) is 15.7. The van der Waals surface area contributed by atoms with E-state index < -0.39 is 0 Å². The van der Waals surface area contributed by atoms with E-state index in [-0.39, 0.29) is 11.7 Å². The van der Waals surface area contributed by atoms with E-state index in [0.29, 0.717) is 24.1 Å². The first-order valence-corrected chi connectivity index (χ1v) is 12.1. The largest absolute Gasteiger partial charge is 0.467 e. The first-order valence-electron chi connectivity index (χ1n) is 10.1. The molecule has 0 unspecified atom stereocenters. The number of carbonyl (C=O) groups excluding carboxylic acids is 1. The number of furan rings is 1. The zero-order chi connectivity index (χ0) is 22.2. The molecule has 7 nitrogen and oxygen atoms in total. The van der Waals surface area contributed by atoms with Crippen molar-refractivity contribution in [3.8, 4) is 11.4 Å². The molecule has 3 aromatic heterocycles. The smallest absolute Gasteiger partial charge is 0.230 e. The Hall–Kier alpha value is -3.04. The fourth-order valence-corrected chi connectivity index (χ4v) is 4.52. The summed E-state index contributed by atoms with van der Waals surface area (Å²) in [6.45, 7) is 3.15. The van der Waals surface area contributed by atoms with Crippen molar-refractivity contribution in [2.75, 3.05) is 18.1 Å². The number of hydrogen-bond acceptors (Lipinski definition) is 7. The van der Waals surface area contributed by atoms with Crippen molar-refractivity contribution in [1.82, 2.24) is 25.1 Å². The van der Waals surface area contributed by atoms with Gasteiger partial charge in [0, 0.05) is 35.2 Å². The highest BCUT2D eigenvalue weighted by atomic mass is 32.2. The van der Waals surface area contributed by atoms with Gasteiger partial charge in [-0.15, -0.1) is 22.0 Å². The molecule has 0 fully saturated rings. The van der Waals surface area contributed by atoms with Crippen molar-refractivity contribution >= 4 is 29.4 Å². The van der Waals surface area contributed by atoms with Crippen LogP contribution in [-0.4, -0.2) is 43.7 Å². The van der Waals surface area contributed by atoms with Gasteiger partial charge in [-0.3, -0.25) is 14.3 Å². The van der Waals surface area contributed by atoms with Crippen molar-refractivity contribution in [2.45, 2.75) is 23.5 Å². The van der Waals surface area contributed by atoms with Crippen LogP contribution < -0.4 is 5.32 Å². The number of aryl methyl sites for hydroxylation is 1. The second-order valence-electron chi connectivity index (χ2n) is 7.01. The zero-order valence-corrected chi connectivity index (χ0v) is 19.2. The molecule has 4 aromatic rings. The molecule has 0 radical (unpaired) electrons. The van der Waals surface area contributed by atoms with Gasteiger partial charge in [0.2, 0.25) is 5.91 Å². The van der Waals surface area contributed by atoms with E-state index in [1.165, 1.54) is 22.2 Å². The lowest BCUT2D eigenvalue weighted by Crippen LogP contribution is -2.27. The number of nitrogens with zero attached hydrogens (tertiary/aromatic N) is 4. The number of benzene rings is 1. The monoisotopic (exact) mass is 465 g/mol. The Kier molecular flexibility index (Phi) is 7.63. The van der Waals surface area contributed by atoms with E-state index >= 15 is 0 Å². The van der Waals surface area contributed by atoms with E-state index in [9.17, 15) is 4.79 Å². The molecule has 1 aromatic carbocycles. The third-order valence-corrected chi connectivity index (χ3v) is 6.56. The molecular formula is C23H23N5O2S2. The van der Waals surface area contributed by atoms with Gasteiger partial charge in [0.1, 0.15) is 5.76 Å². The molecule has 9 heteroatoms. The molecule has 3 heterocycles. The topological polar surface area (TPSA) is 85.8 Å². The standard InChI is InChI=1S/C23H23N5O2S2/c1-17-6-8-20(9-7-17)31-13-11-25-21(29)16-32-23-27-26-22(18-4-2-10-24-14-18)28(23)15-19-5-3-12-30-19/h2-10,12,14H,11,13,15-16H2,1H3,(H,25,29). The summed E-state index contributed by atoms with van der Waals surface area (Å²) in [6.07, 6.45) is 5.10. The minimum atomic E-state index is -0.0324. The van der Waals surface area contributed by atoms with Gasteiger partial charge in [0.25, 0.3) is 0 Å². The molecule has 0 saturated heterocycles. The molecule has 32 heavy (non-hydrogen) atoms. The molecule has 164 valence electrons. The van der Waals surface area contributed by atoms with Crippen LogP contribution in [-0.2, 0) is 11.3 Å². The SMILES string of the molecule is Cc1ccc(SCCNC(=O)CSc2nnc(-c3cccnc3)n2Cc2ccco2)cc1. The third-order valence-electron chi connectivity index (χ3n) is 4.58. The Morgan fingerprint density at radius 2 is 1.97 bits per heavy atom. The summed E-state index contributed by atoms with van der Waals surface area (Å²) in [5.41, 5.74) is 2.10. The molecule has 4 rings (SSSR count). The van der Waals surface area contributed by atoms with E-state index in [2.05, 4.69) is 51.7 Å². The minimum absolute atomic E-state index is 0.0324. The second kappa shape index (κ2) is 11.0. The van der Waals surface area contributed by atoms with Gasteiger partial charge >= 0.3 is 0 Å². The fraction of sp³-hybridized carbons (Fsp3) is 0.217. The maximum Gasteiger partial charge on any atom is 0.230 e. The van der Waals surface area contributed by atoms with Crippen LogP contribution in [0.4, 0.5) is 0 Å². The fourth-order valence-electron chi connectivity index (χ4n) is 2.98. The summed E-state index contributed by atoms with van der Waals surface area (Å²) in [6, 6.07) is 15.9. The molecular weight excluding hydrogens is 442 g/mol. The third kappa shape index (κ3) is 6.02. The molecule has 0 bridgehead atoms. The summed E-state index contributed by atoms with van der Waals surface area (Å²) in [7, 11) is 0. The molecule has 0 atom stereocenters. The Morgan fingerprint density at radius 1 is 1.09 bits per heavy atom. The average molecular weight is 466 g/mol. The van der Waals surface area contributed by atoms with E-state index in [1.807, 2.05) is 28.8 Å². The van der Waals surface area contributed by atoms with Gasteiger partial charge in [0.05, 0.1) is 18.6 Å². The molecule has 1 amide bonds. The van der Waals surface area contributed by atoms with Crippen LogP contribution in [0.5, 0.6) is 0 Å². The van der Waals surface area contributed by atoms with E-state index in [0.717, 1.165) is 17.1 Å². The lowest BCUT2D eigenvalue weighted by Gasteiger charge is -2.09. The Bertz CT molecular complexity index is 1130. The maximum atomic E-state index is 12.4. The lowest BCUT2D eigenvalue weighted by molar-refractivity contribution is -0.118. The predicted molar refractivity (Wildman–Crippen MR) is 127 cm³/mol. The van der Waals surface area contributed by atoms with Gasteiger partial charge in [0.15, 0.2) is 11.0 Å². The Labute approximate surface area is 195 Å². The highest BCUT2D eigenvalue weighted by Crippen LogP contribution is 2.25. The van der Waals surface area contributed by atoms with Crippen molar-refractivity contribution < 1.29 is 9.21 Å². The highest BCUT2D eigenvalue weighted by molar-refractivity contribution is 7.99. The summed E-state index contributed by atoms with van der Waals surface area (Å²) >= 11 is 3.08. The normalized spacial score (nSPS) is 10.9. The summed E-state index contributed by atoms with van der Waals surface area (Å²) in [4.78, 5) is 17.7. The number of amides is 1. The van der Waals surface area contributed by atoms with Crippen molar-refractivity contribution in [3.63, 3.8) is 0 Å². The van der Waals surface area contributed by atoms with Gasteiger partial charge in [-0.1, -0.05) is 29.5 Å². The maximum absolute atomic E-state index is 12.4.